The van der Waals surface area contributed by atoms with Crippen molar-refractivity contribution < 1.29 is 29.2 Å². The van der Waals surface area contributed by atoms with Crippen LogP contribution in [0.5, 0.6) is 0 Å². The predicted octanol–water partition coefficient (Wildman–Crippen LogP) is 2.04. The van der Waals surface area contributed by atoms with E-state index >= 15 is 0 Å². The monoisotopic (exact) mass is 476 g/mol. The van der Waals surface area contributed by atoms with Crippen molar-refractivity contribution in [3.05, 3.63) is 28.2 Å². The molecule has 2 fully saturated rings. The van der Waals surface area contributed by atoms with Crippen molar-refractivity contribution in [2.45, 2.75) is 63.0 Å². The van der Waals surface area contributed by atoms with Gasteiger partial charge >= 0.3 is 0 Å². The molecular formula is C20H27F2N5O4S. The Morgan fingerprint density at radius 2 is 2.09 bits per heavy atom. The van der Waals surface area contributed by atoms with E-state index in [-0.39, 0.29) is 23.4 Å². The summed E-state index contributed by atoms with van der Waals surface area (Å²) >= 11 is 0. The van der Waals surface area contributed by atoms with Crippen LogP contribution in [0.15, 0.2) is 17.1 Å². The van der Waals surface area contributed by atoms with E-state index in [1.54, 1.807) is 0 Å². The van der Waals surface area contributed by atoms with Crippen LogP contribution >= 0.6 is 0 Å². The fourth-order valence-electron chi connectivity index (χ4n) is 4.13. The maximum Gasteiger partial charge on any atom is 0.269 e. The lowest BCUT2D eigenvalue weighted by Gasteiger charge is -2.31. The SMILES string of the molecule is [2H]C(F)(F)c1cc2cnc(NC3C([2H])([2H])CN(S(C)(=O)=O)CC3([2H])[2H])nc2n(C2CCCC2(C)O)c1=O. The molecular weight excluding hydrogens is 444 g/mol. The van der Waals surface area contributed by atoms with Crippen LogP contribution in [-0.4, -0.2) is 63.4 Å². The number of hydrogen-bond donors (Lipinski definition) is 2. The van der Waals surface area contributed by atoms with Crippen molar-refractivity contribution in [2.24, 2.45) is 0 Å². The van der Waals surface area contributed by atoms with Gasteiger partial charge in [0, 0.05) is 36.2 Å². The molecule has 4 rings (SSSR count). The van der Waals surface area contributed by atoms with Crippen LogP contribution in [0, 0.1) is 0 Å². The smallest absolute Gasteiger partial charge is 0.269 e. The first-order valence-electron chi connectivity index (χ1n) is 12.5. The summed E-state index contributed by atoms with van der Waals surface area (Å²) in [4.78, 5) is 21.3. The maximum atomic E-state index is 14.0. The molecule has 1 saturated carbocycles. The molecule has 1 aliphatic carbocycles. The number of nitrogens with zero attached hydrogens (tertiary/aromatic N) is 4. The van der Waals surface area contributed by atoms with Gasteiger partial charge in [0.2, 0.25) is 16.0 Å². The van der Waals surface area contributed by atoms with E-state index in [2.05, 4.69) is 15.3 Å². The van der Waals surface area contributed by atoms with Crippen LogP contribution in [0.1, 0.15) is 63.8 Å². The summed E-state index contributed by atoms with van der Waals surface area (Å²) in [6.45, 7) is 0.204. The minimum atomic E-state index is -4.23. The lowest BCUT2D eigenvalue weighted by molar-refractivity contribution is 0.0261. The first-order chi connectivity index (χ1) is 16.7. The second-order valence-corrected chi connectivity index (χ2v) is 10.2. The highest BCUT2D eigenvalue weighted by Gasteiger charge is 2.40. The second-order valence-electron chi connectivity index (χ2n) is 8.25. The summed E-state index contributed by atoms with van der Waals surface area (Å²) in [7, 11) is -3.88. The number of pyridine rings is 1. The number of hydrogen-bond acceptors (Lipinski definition) is 7. The molecule has 2 aromatic heterocycles. The van der Waals surface area contributed by atoms with Gasteiger partial charge in [0.25, 0.3) is 12.0 Å². The third kappa shape index (κ3) is 4.35. The van der Waals surface area contributed by atoms with Crippen molar-refractivity contribution in [1.82, 2.24) is 18.8 Å². The molecule has 1 aliphatic heterocycles. The molecule has 2 aliphatic rings. The van der Waals surface area contributed by atoms with Gasteiger partial charge in [-0.15, -0.1) is 0 Å². The highest BCUT2D eigenvalue weighted by atomic mass is 32.2. The van der Waals surface area contributed by atoms with Gasteiger partial charge in [-0.05, 0) is 45.0 Å². The summed E-state index contributed by atoms with van der Waals surface area (Å²) < 4.78 is 93.9. The van der Waals surface area contributed by atoms with E-state index in [0.29, 0.717) is 17.1 Å². The highest BCUT2D eigenvalue weighted by molar-refractivity contribution is 7.88. The lowest BCUT2D eigenvalue weighted by atomic mass is 9.99. The average molecular weight is 477 g/mol. The molecule has 3 heterocycles. The average Bonchev–Trinajstić information content (AvgIpc) is 3.06. The molecule has 0 bridgehead atoms. The molecule has 176 valence electrons. The molecule has 0 spiro atoms. The molecule has 0 amide bonds. The quantitative estimate of drug-likeness (QED) is 0.678. The lowest BCUT2D eigenvalue weighted by Crippen LogP contribution is -2.42. The Balaban J connectivity index is 1.83. The van der Waals surface area contributed by atoms with Crippen LogP contribution in [0.25, 0.3) is 11.0 Å². The van der Waals surface area contributed by atoms with Gasteiger partial charge in [-0.1, -0.05) is 0 Å². The van der Waals surface area contributed by atoms with E-state index in [9.17, 15) is 27.1 Å². The van der Waals surface area contributed by atoms with Gasteiger partial charge in [-0.25, -0.2) is 26.5 Å². The third-order valence-electron chi connectivity index (χ3n) is 5.85. The third-order valence-corrected chi connectivity index (χ3v) is 7.05. The molecule has 9 nitrogen and oxygen atoms in total. The zero-order valence-electron chi connectivity index (χ0n) is 22.5. The van der Waals surface area contributed by atoms with E-state index in [1.807, 2.05) is 0 Å². The van der Waals surface area contributed by atoms with Gasteiger partial charge in [-0.3, -0.25) is 9.36 Å². The van der Waals surface area contributed by atoms with E-state index in [0.717, 1.165) is 23.1 Å². The summed E-state index contributed by atoms with van der Waals surface area (Å²) in [5, 5.41) is 13.4. The molecule has 1 saturated heterocycles. The largest absolute Gasteiger partial charge is 0.388 e. The van der Waals surface area contributed by atoms with E-state index in [1.165, 1.54) is 6.92 Å². The normalized spacial score (nSPS) is 31.4. The number of aliphatic hydroxyl groups is 1. The van der Waals surface area contributed by atoms with Gasteiger partial charge in [0.15, 0.2) is 0 Å². The molecule has 12 heteroatoms. The fourth-order valence-corrected chi connectivity index (χ4v) is 4.75. The number of rotatable bonds is 5. The summed E-state index contributed by atoms with van der Waals surface area (Å²) in [6, 6.07) is -1.76. The van der Waals surface area contributed by atoms with Gasteiger partial charge in [0.1, 0.15) is 7.02 Å². The Kier molecular flexibility index (Phi) is 4.49. The zero-order chi connectivity index (χ0) is 27.8. The highest BCUT2D eigenvalue weighted by Crippen LogP contribution is 2.39. The number of sulfonamides is 1. The molecule has 2 unspecified atom stereocenters. The summed E-state index contributed by atoms with van der Waals surface area (Å²) in [6.07, 6.45) is -6.04. The molecule has 0 radical (unpaired) electrons. The van der Waals surface area contributed by atoms with Crippen molar-refractivity contribution >= 4 is 27.0 Å². The van der Waals surface area contributed by atoms with Crippen molar-refractivity contribution in [3.8, 4) is 0 Å². The summed E-state index contributed by atoms with van der Waals surface area (Å²) in [5.41, 5.74) is -3.92. The molecule has 2 N–H and O–H groups in total. The van der Waals surface area contributed by atoms with Crippen molar-refractivity contribution in [2.75, 3.05) is 24.7 Å². The van der Waals surface area contributed by atoms with Crippen LogP contribution in [0.3, 0.4) is 0 Å². The number of aromatic nitrogens is 3. The van der Waals surface area contributed by atoms with Gasteiger partial charge < -0.3 is 10.4 Å². The topological polar surface area (TPSA) is 117 Å². The van der Waals surface area contributed by atoms with Crippen molar-refractivity contribution in [3.63, 3.8) is 0 Å². The number of halogens is 2. The van der Waals surface area contributed by atoms with Crippen LogP contribution in [0.4, 0.5) is 14.7 Å². The Labute approximate surface area is 191 Å². The Morgan fingerprint density at radius 1 is 1.41 bits per heavy atom. The molecule has 2 aromatic rings. The minimum Gasteiger partial charge on any atom is -0.388 e. The molecule has 32 heavy (non-hydrogen) atoms. The summed E-state index contributed by atoms with van der Waals surface area (Å²) in [5.74, 6) is -0.325. The van der Waals surface area contributed by atoms with Gasteiger partial charge in [0.05, 0.1) is 23.5 Å². The van der Waals surface area contributed by atoms with E-state index < -0.39 is 71.1 Å². The number of nitrogens with one attached hydrogen (secondary N) is 1. The Bertz CT molecular complexity index is 1380. The van der Waals surface area contributed by atoms with Crippen LogP contribution in [-0.2, 0) is 10.0 Å². The molecule has 0 aromatic carbocycles. The minimum absolute atomic E-state index is 0.0345. The maximum absolute atomic E-state index is 14.0. The number of piperidine rings is 1. The Hall–Kier alpha value is -2.18. The van der Waals surface area contributed by atoms with Gasteiger partial charge in [-0.2, -0.15) is 4.98 Å². The predicted molar refractivity (Wildman–Crippen MR) is 115 cm³/mol. The van der Waals surface area contributed by atoms with Crippen LogP contribution < -0.4 is 10.9 Å². The fraction of sp³-hybridized carbons (Fsp3) is 0.650. The van der Waals surface area contributed by atoms with Crippen LogP contribution in [0.2, 0.25) is 0 Å². The van der Waals surface area contributed by atoms with E-state index in [4.69, 9.17) is 6.85 Å². The number of fused-ring (bicyclic) bond motifs is 1. The number of alkyl halides is 2. The first kappa shape index (κ1) is 17.3. The number of anilines is 1. The van der Waals surface area contributed by atoms with Crippen molar-refractivity contribution in [1.29, 1.82) is 0 Å². The molecule has 2 atom stereocenters. The zero-order valence-corrected chi connectivity index (χ0v) is 18.3. The Morgan fingerprint density at radius 3 is 2.66 bits per heavy atom. The first-order valence-corrected chi connectivity index (χ1v) is 11.8. The standard InChI is InChI=1S/C20H27F2N5O4S/c1-20(29)7-3-4-15(20)27-17-12(10-14(16(21)22)18(27)28)11-23-19(25-17)24-13-5-8-26(9-6-13)32(2,30)31/h10-11,13,15-16,29H,3-9H2,1-2H3,(H,23,24,25)/i5D2,6D2,16D. The second kappa shape index (κ2) is 8.31.